The minimum atomic E-state index is -0.474. The van der Waals surface area contributed by atoms with E-state index >= 15 is 0 Å². The van der Waals surface area contributed by atoms with Crippen molar-refractivity contribution in [1.82, 2.24) is 10.2 Å². The van der Waals surface area contributed by atoms with Crippen LogP contribution in [0.1, 0.15) is 31.2 Å². The second-order valence-electron chi connectivity index (χ2n) is 6.84. The quantitative estimate of drug-likeness (QED) is 0.269. The van der Waals surface area contributed by atoms with Crippen molar-refractivity contribution in [3.63, 3.8) is 0 Å². The lowest BCUT2D eigenvalue weighted by Gasteiger charge is -2.28. The number of rotatable bonds is 10. The monoisotopic (exact) mass is 360 g/mol. The Labute approximate surface area is 156 Å². The van der Waals surface area contributed by atoms with Gasteiger partial charge < -0.3 is 27.4 Å². The molecule has 2 rings (SSSR count). The van der Waals surface area contributed by atoms with Gasteiger partial charge in [-0.25, -0.2) is 0 Å². The largest absolute Gasteiger partial charge is 0.370 e. The number of amides is 1. The third kappa shape index (κ3) is 6.65. The summed E-state index contributed by atoms with van der Waals surface area (Å²) in [6.45, 7) is 3.17. The van der Waals surface area contributed by atoms with Crippen LogP contribution in [0.5, 0.6) is 0 Å². The van der Waals surface area contributed by atoms with Crippen molar-refractivity contribution in [2.75, 3.05) is 26.2 Å². The predicted molar refractivity (Wildman–Crippen MR) is 106 cm³/mol. The Kier molecular flexibility index (Phi) is 8.37. The van der Waals surface area contributed by atoms with Gasteiger partial charge in [0.1, 0.15) is 0 Å². The normalized spacial score (nSPS) is 17.9. The molecule has 1 aromatic rings. The minimum Gasteiger partial charge on any atom is -0.370 e. The molecule has 26 heavy (non-hydrogen) atoms. The second-order valence-corrected chi connectivity index (χ2v) is 6.84. The molecule has 0 aliphatic carbocycles. The number of nitrogens with one attached hydrogen (secondary N) is 1. The second kappa shape index (κ2) is 10.8. The Balaban J connectivity index is 1.71. The molecule has 0 radical (unpaired) electrons. The fraction of sp³-hybridized carbons (Fsp3) is 0.579. The highest BCUT2D eigenvalue weighted by Gasteiger charge is 2.31. The van der Waals surface area contributed by atoms with E-state index in [1.54, 1.807) is 0 Å². The molecule has 1 unspecified atom stereocenters. The summed E-state index contributed by atoms with van der Waals surface area (Å²) < 4.78 is 0. The summed E-state index contributed by atoms with van der Waals surface area (Å²) in [6.07, 6.45) is 4.61. The number of nitrogens with zero attached hydrogens (tertiary/aromatic N) is 2. The van der Waals surface area contributed by atoms with E-state index in [2.05, 4.69) is 10.3 Å². The number of nitrogens with two attached hydrogens (primary N) is 3. The highest BCUT2D eigenvalue weighted by molar-refractivity contribution is 5.82. The van der Waals surface area contributed by atoms with Crippen LogP contribution in [0, 0.1) is 0 Å². The van der Waals surface area contributed by atoms with Crippen LogP contribution in [0.2, 0.25) is 0 Å². The molecule has 1 aliphatic rings. The fourth-order valence-electron chi connectivity index (χ4n) is 3.35. The molecule has 1 amide bonds. The van der Waals surface area contributed by atoms with Crippen LogP contribution >= 0.6 is 0 Å². The van der Waals surface area contributed by atoms with Crippen molar-refractivity contribution in [2.24, 2.45) is 22.2 Å². The molecule has 144 valence electrons. The average molecular weight is 361 g/mol. The van der Waals surface area contributed by atoms with Gasteiger partial charge in [-0.15, -0.1) is 0 Å². The number of guanidine groups is 1. The van der Waals surface area contributed by atoms with Crippen LogP contribution in [0.15, 0.2) is 35.3 Å². The summed E-state index contributed by atoms with van der Waals surface area (Å²) in [6, 6.07) is 9.71. The van der Waals surface area contributed by atoms with Crippen LogP contribution in [0.25, 0.3) is 0 Å². The van der Waals surface area contributed by atoms with Crippen LogP contribution in [0.3, 0.4) is 0 Å². The average Bonchev–Trinajstić information content (AvgIpc) is 3.09. The lowest BCUT2D eigenvalue weighted by atomic mass is 10.1. The maximum Gasteiger partial charge on any atom is 0.240 e. The van der Waals surface area contributed by atoms with Gasteiger partial charge >= 0.3 is 0 Å². The third-order valence-corrected chi connectivity index (χ3v) is 4.71. The zero-order valence-corrected chi connectivity index (χ0v) is 15.4. The Bertz CT molecular complexity index is 573. The van der Waals surface area contributed by atoms with Crippen LogP contribution in [-0.4, -0.2) is 55.0 Å². The Morgan fingerprint density at radius 2 is 2.04 bits per heavy atom. The SMILES string of the molecule is NC(N)=NCCCCNCC1CCCN1C(=O)[C@H](N)Cc1ccccc1. The number of aliphatic imine (C=N–C) groups is 1. The third-order valence-electron chi connectivity index (χ3n) is 4.71. The Morgan fingerprint density at radius 3 is 2.77 bits per heavy atom. The summed E-state index contributed by atoms with van der Waals surface area (Å²) in [5.41, 5.74) is 17.9. The summed E-state index contributed by atoms with van der Waals surface area (Å²) in [5, 5.41) is 3.44. The number of hydrogen-bond donors (Lipinski definition) is 4. The first-order valence-electron chi connectivity index (χ1n) is 9.44. The fourth-order valence-corrected chi connectivity index (χ4v) is 3.35. The first-order chi connectivity index (χ1) is 12.6. The zero-order chi connectivity index (χ0) is 18.8. The van der Waals surface area contributed by atoms with E-state index in [1.807, 2.05) is 35.2 Å². The molecule has 2 atom stereocenters. The lowest BCUT2D eigenvalue weighted by molar-refractivity contribution is -0.133. The molecule has 7 nitrogen and oxygen atoms in total. The van der Waals surface area contributed by atoms with E-state index in [9.17, 15) is 4.79 Å². The number of benzene rings is 1. The summed E-state index contributed by atoms with van der Waals surface area (Å²) in [7, 11) is 0. The van der Waals surface area contributed by atoms with E-state index in [0.29, 0.717) is 13.0 Å². The molecule has 7 heteroatoms. The van der Waals surface area contributed by atoms with Crippen molar-refractivity contribution in [3.05, 3.63) is 35.9 Å². The first-order valence-corrected chi connectivity index (χ1v) is 9.44. The minimum absolute atomic E-state index is 0.0610. The van der Waals surface area contributed by atoms with Gasteiger partial charge in [0.25, 0.3) is 0 Å². The lowest BCUT2D eigenvalue weighted by Crippen LogP contribution is -2.49. The molecule has 0 spiro atoms. The van der Waals surface area contributed by atoms with Gasteiger partial charge in [0.05, 0.1) is 6.04 Å². The van der Waals surface area contributed by atoms with E-state index in [-0.39, 0.29) is 17.9 Å². The maximum atomic E-state index is 12.7. The van der Waals surface area contributed by atoms with Crippen LogP contribution in [0.4, 0.5) is 0 Å². The number of carbonyl (C=O) groups excluding carboxylic acids is 1. The molecule has 1 aromatic carbocycles. The Hall–Kier alpha value is -2.12. The molecule has 0 aromatic heterocycles. The van der Waals surface area contributed by atoms with Gasteiger partial charge in [-0.2, -0.15) is 0 Å². The van der Waals surface area contributed by atoms with Crippen molar-refractivity contribution in [1.29, 1.82) is 0 Å². The molecule has 7 N–H and O–H groups in total. The standard InChI is InChI=1S/C19H32N6O/c20-17(13-15-7-2-1-3-8-15)18(26)25-12-6-9-16(25)14-23-10-4-5-11-24-19(21)22/h1-3,7-8,16-17,23H,4-6,9-14,20H2,(H4,21,22,24)/t16?,17-/m1/s1. The first kappa shape index (κ1) is 20.2. The van der Waals surface area contributed by atoms with E-state index in [4.69, 9.17) is 17.2 Å². The van der Waals surface area contributed by atoms with Gasteiger partial charge in [-0.3, -0.25) is 9.79 Å². The number of unbranched alkanes of at least 4 members (excludes halogenated alkanes) is 1. The summed E-state index contributed by atoms with van der Waals surface area (Å²) >= 11 is 0. The van der Waals surface area contributed by atoms with Gasteiger partial charge in [0.2, 0.25) is 5.91 Å². The van der Waals surface area contributed by atoms with Gasteiger partial charge in [-0.1, -0.05) is 30.3 Å². The maximum absolute atomic E-state index is 12.7. The van der Waals surface area contributed by atoms with Crippen molar-refractivity contribution in [2.45, 2.75) is 44.2 Å². The highest BCUT2D eigenvalue weighted by atomic mass is 16.2. The van der Waals surface area contributed by atoms with Crippen LogP contribution < -0.4 is 22.5 Å². The van der Waals surface area contributed by atoms with Crippen molar-refractivity contribution < 1.29 is 4.79 Å². The highest BCUT2D eigenvalue weighted by Crippen LogP contribution is 2.18. The molecular weight excluding hydrogens is 328 g/mol. The number of carbonyl (C=O) groups is 1. The molecule has 0 saturated carbocycles. The number of likely N-dealkylation sites (tertiary alicyclic amines) is 1. The van der Waals surface area contributed by atoms with E-state index < -0.39 is 6.04 Å². The van der Waals surface area contributed by atoms with Crippen LogP contribution in [-0.2, 0) is 11.2 Å². The molecule has 1 heterocycles. The van der Waals surface area contributed by atoms with Gasteiger partial charge in [0, 0.05) is 25.7 Å². The van der Waals surface area contributed by atoms with E-state index in [0.717, 1.165) is 50.9 Å². The van der Waals surface area contributed by atoms with Gasteiger partial charge in [0.15, 0.2) is 5.96 Å². The summed E-state index contributed by atoms with van der Waals surface area (Å²) in [5.74, 6) is 0.204. The summed E-state index contributed by atoms with van der Waals surface area (Å²) in [4.78, 5) is 18.7. The number of hydrogen-bond acceptors (Lipinski definition) is 4. The molecular formula is C19H32N6O. The van der Waals surface area contributed by atoms with E-state index in [1.165, 1.54) is 0 Å². The smallest absolute Gasteiger partial charge is 0.240 e. The molecule has 1 saturated heterocycles. The molecule has 1 aliphatic heterocycles. The topological polar surface area (TPSA) is 123 Å². The molecule has 0 bridgehead atoms. The molecule has 1 fully saturated rings. The van der Waals surface area contributed by atoms with Gasteiger partial charge in [-0.05, 0) is 44.2 Å². The van der Waals surface area contributed by atoms with Crippen molar-refractivity contribution >= 4 is 11.9 Å². The van der Waals surface area contributed by atoms with Crippen molar-refractivity contribution in [3.8, 4) is 0 Å². The zero-order valence-electron chi connectivity index (χ0n) is 15.4. The predicted octanol–water partition coefficient (Wildman–Crippen LogP) is 0.191. The Morgan fingerprint density at radius 1 is 1.27 bits per heavy atom.